The third-order valence-corrected chi connectivity index (χ3v) is 3.38. The SMILES string of the molecule is CCOC(=O)c1noc2ncnc(Nc3ccc4c(c3)OCO4)c12. The first-order valence-electron chi connectivity index (χ1n) is 7.20. The van der Waals surface area contributed by atoms with Crippen molar-refractivity contribution in [3.05, 3.63) is 30.2 Å². The number of hydrogen-bond donors (Lipinski definition) is 1. The number of nitrogens with zero attached hydrogens (tertiary/aromatic N) is 3. The molecule has 122 valence electrons. The average Bonchev–Trinajstić information content (AvgIpc) is 3.21. The Morgan fingerprint density at radius 3 is 3.04 bits per heavy atom. The van der Waals surface area contributed by atoms with Gasteiger partial charge in [-0.3, -0.25) is 0 Å². The van der Waals surface area contributed by atoms with Gasteiger partial charge in [0, 0.05) is 11.8 Å². The standard InChI is InChI=1S/C15H12N4O5/c1-2-21-15(20)12-11-13(16-6-17-14(11)24-19-12)18-8-3-4-9-10(5-8)23-7-22-9/h3-6H,2,7H2,1H3,(H,16,17,18). The van der Waals surface area contributed by atoms with Crippen LogP contribution in [0.15, 0.2) is 29.0 Å². The molecule has 1 N–H and O–H groups in total. The zero-order valence-electron chi connectivity index (χ0n) is 12.6. The molecule has 0 spiro atoms. The zero-order valence-corrected chi connectivity index (χ0v) is 12.6. The van der Waals surface area contributed by atoms with E-state index in [1.165, 1.54) is 6.33 Å². The highest BCUT2D eigenvalue weighted by Gasteiger charge is 2.22. The second kappa shape index (κ2) is 5.69. The molecule has 4 rings (SSSR count). The van der Waals surface area contributed by atoms with Gasteiger partial charge in [0.05, 0.1) is 6.61 Å². The van der Waals surface area contributed by atoms with Gasteiger partial charge in [-0.15, -0.1) is 0 Å². The molecule has 0 amide bonds. The van der Waals surface area contributed by atoms with Gasteiger partial charge in [-0.2, -0.15) is 4.98 Å². The molecule has 2 aromatic heterocycles. The quantitative estimate of drug-likeness (QED) is 0.721. The van der Waals surface area contributed by atoms with E-state index in [9.17, 15) is 4.79 Å². The molecule has 1 aromatic carbocycles. The van der Waals surface area contributed by atoms with Gasteiger partial charge in [0.15, 0.2) is 11.5 Å². The largest absolute Gasteiger partial charge is 0.461 e. The summed E-state index contributed by atoms with van der Waals surface area (Å²) >= 11 is 0. The number of carbonyl (C=O) groups excluding carboxylic acids is 1. The van der Waals surface area contributed by atoms with Crippen LogP contribution >= 0.6 is 0 Å². The topological polar surface area (TPSA) is 109 Å². The molecule has 1 aliphatic heterocycles. The van der Waals surface area contributed by atoms with Gasteiger partial charge < -0.3 is 24.1 Å². The van der Waals surface area contributed by atoms with Gasteiger partial charge in [0.2, 0.25) is 12.5 Å². The summed E-state index contributed by atoms with van der Waals surface area (Å²) in [6.07, 6.45) is 1.32. The van der Waals surface area contributed by atoms with Crippen molar-refractivity contribution in [3.63, 3.8) is 0 Å². The van der Waals surface area contributed by atoms with E-state index in [1.54, 1.807) is 25.1 Å². The first kappa shape index (κ1) is 14.2. The van der Waals surface area contributed by atoms with Gasteiger partial charge in [0.25, 0.3) is 5.71 Å². The second-order valence-electron chi connectivity index (χ2n) is 4.85. The number of rotatable bonds is 4. The lowest BCUT2D eigenvalue weighted by Gasteiger charge is -2.07. The van der Waals surface area contributed by atoms with E-state index in [1.807, 2.05) is 0 Å². The van der Waals surface area contributed by atoms with Crippen molar-refractivity contribution < 1.29 is 23.5 Å². The molecule has 0 fully saturated rings. The average molecular weight is 328 g/mol. The first-order chi connectivity index (χ1) is 11.8. The fourth-order valence-electron chi connectivity index (χ4n) is 2.33. The maximum Gasteiger partial charge on any atom is 0.361 e. The number of benzene rings is 1. The number of carbonyl (C=O) groups is 1. The summed E-state index contributed by atoms with van der Waals surface area (Å²) in [5, 5.41) is 7.20. The Labute approximate surface area is 135 Å². The molecule has 0 atom stereocenters. The van der Waals surface area contributed by atoms with Crippen molar-refractivity contribution in [1.82, 2.24) is 15.1 Å². The number of nitrogens with one attached hydrogen (secondary N) is 1. The van der Waals surface area contributed by atoms with Crippen LogP contribution in [0, 0.1) is 0 Å². The Hall–Kier alpha value is -3.36. The molecular formula is C15H12N4O5. The van der Waals surface area contributed by atoms with Crippen molar-refractivity contribution in [2.75, 3.05) is 18.7 Å². The molecule has 9 nitrogen and oxygen atoms in total. The molecule has 3 aromatic rings. The van der Waals surface area contributed by atoms with Crippen LogP contribution in [0.3, 0.4) is 0 Å². The van der Waals surface area contributed by atoms with E-state index in [4.69, 9.17) is 18.7 Å². The monoisotopic (exact) mass is 328 g/mol. The van der Waals surface area contributed by atoms with Crippen LogP contribution in [-0.2, 0) is 4.74 Å². The Bertz CT molecular complexity index is 923. The van der Waals surface area contributed by atoms with Crippen molar-refractivity contribution in [3.8, 4) is 11.5 Å². The Balaban J connectivity index is 1.73. The summed E-state index contributed by atoms with van der Waals surface area (Å²) in [5.41, 5.74) is 0.919. The van der Waals surface area contributed by atoms with Gasteiger partial charge in [-0.25, -0.2) is 9.78 Å². The van der Waals surface area contributed by atoms with E-state index in [-0.39, 0.29) is 24.8 Å². The predicted molar refractivity (Wildman–Crippen MR) is 81.4 cm³/mol. The third kappa shape index (κ3) is 2.35. The van der Waals surface area contributed by atoms with Crippen LogP contribution in [0.25, 0.3) is 11.1 Å². The van der Waals surface area contributed by atoms with Crippen molar-refractivity contribution in [1.29, 1.82) is 0 Å². The molecule has 0 unspecified atom stereocenters. The number of fused-ring (bicyclic) bond motifs is 2. The van der Waals surface area contributed by atoms with Crippen molar-refractivity contribution >= 4 is 28.6 Å². The lowest BCUT2D eigenvalue weighted by molar-refractivity contribution is 0.0517. The van der Waals surface area contributed by atoms with Crippen LogP contribution in [0.2, 0.25) is 0 Å². The van der Waals surface area contributed by atoms with Crippen LogP contribution < -0.4 is 14.8 Å². The predicted octanol–water partition coefficient (Wildman–Crippen LogP) is 2.27. The van der Waals surface area contributed by atoms with Crippen molar-refractivity contribution in [2.45, 2.75) is 6.92 Å². The highest BCUT2D eigenvalue weighted by atomic mass is 16.7. The summed E-state index contributed by atoms with van der Waals surface area (Å²) in [4.78, 5) is 20.2. The summed E-state index contributed by atoms with van der Waals surface area (Å²) in [5.74, 6) is 1.08. The van der Waals surface area contributed by atoms with Crippen molar-refractivity contribution in [2.24, 2.45) is 0 Å². The molecular weight excluding hydrogens is 316 g/mol. The molecule has 0 aliphatic carbocycles. The minimum absolute atomic E-state index is 0.0238. The van der Waals surface area contributed by atoms with Crippen LogP contribution in [0.4, 0.5) is 11.5 Å². The zero-order chi connectivity index (χ0) is 16.5. The fourth-order valence-corrected chi connectivity index (χ4v) is 2.33. The lowest BCUT2D eigenvalue weighted by atomic mass is 10.2. The van der Waals surface area contributed by atoms with Gasteiger partial charge >= 0.3 is 5.97 Å². The number of aromatic nitrogens is 3. The highest BCUT2D eigenvalue weighted by Crippen LogP contribution is 2.35. The molecule has 0 saturated heterocycles. The lowest BCUT2D eigenvalue weighted by Crippen LogP contribution is -2.06. The normalized spacial score (nSPS) is 12.4. The molecule has 3 heterocycles. The summed E-state index contributed by atoms with van der Waals surface area (Å²) in [7, 11) is 0. The minimum Gasteiger partial charge on any atom is -0.461 e. The Morgan fingerprint density at radius 2 is 2.17 bits per heavy atom. The van der Waals surface area contributed by atoms with E-state index >= 15 is 0 Å². The minimum atomic E-state index is -0.597. The number of hydrogen-bond acceptors (Lipinski definition) is 9. The molecule has 9 heteroatoms. The number of ether oxygens (including phenoxy) is 3. The Kier molecular flexibility index (Phi) is 3.38. The molecule has 1 aliphatic rings. The molecule has 0 saturated carbocycles. The second-order valence-corrected chi connectivity index (χ2v) is 4.85. The highest BCUT2D eigenvalue weighted by molar-refractivity contribution is 6.05. The summed E-state index contributed by atoms with van der Waals surface area (Å²) in [6.45, 7) is 2.13. The third-order valence-electron chi connectivity index (χ3n) is 3.38. The Morgan fingerprint density at radius 1 is 1.29 bits per heavy atom. The maximum atomic E-state index is 12.0. The fraction of sp³-hybridized carbons (Fsp3) is 0.200. The molecule has 0 bridgehead atoms. The molecule has 0 radical (unpaired) electrons. The van der Waals surface area contributed by atoms with Gasteiger partial charge in [-0.05, 0) is 19.1 Å². The van der Waals surface area contributed by atoms with Crippen LogP contribution in [0.5, 0.6) is 11.5 Å². The summed E-state index contributed by atoms with van der Waals surface area (Å²) in [6, 6.07) is 5.36. The summed E-state index contributed by atoms with van der Waals surface area (Å²) < 4.78 is 20.7. The van der Waals surface area contributed by atoms with E-state index in [0.29, 0.717) is 28.4 Å². The van der Waals surface area contributed by atoms with Gasteiger partial charge in [-0.1, -0.05) is 5.16 Å². The van der Waals surface area contributed by atoms with E-state index in [2.05, 4.69) is 20.4 Å². The molecule has 24 heavy (non-hydrogen) atoms. The maximum absolute atomic E-state index is 12.0. The van der Waals surface area contributed by atoms with Gasteiger partial charge in [0.1, 0.15) is 17.5 Å². The van der Waals surface area contributed by atoms with Crippen LogP contribution in [-0.4, -0.2) is 34.5 Å². The van der Waals surface area contributed by atoms with E-state index < -0.39 is 5.97 Å². The smallest absolute Gasteiger partial charge is 0.361 e. The van der Waals surface area contributed by atoms with E-state index in [0.717, 1.165) is 0 Å². The first-order valence-corrected chi connectivity index (χ1v) is 7.20. The van der Waals surface area contributed by atoms with Crippen LogP contribution in [0.1, 0.15) is 17.4 Å². The number of esters is 1. The number of anilines is 2.